The summed E-state index contributed by atoms with van der Waals surface area (Å²) in [5.74, 6) is 1.51. The molecule has 20 heteroatoms. The van der Waals surface area contributed by atoms with Gasteiger partial charge in [0.25, 0.3) is 0 Å². The van der Waals surface area contributed by atoms with Crippen LogP contribution >= 0.6 is 11.6 Å². The van der Waals surface area contributed by atoms with Crippen molar-refractivity contribution in [2.45, 2.75) is 85.2 Å². The van der Waals surface area contributed by atoms with E-state index < -0.39 is 35.5 Å². The highest BCUT2D eigenvalue weighted by Crippen LogP contribution is 2.27. The molecular weight excluding hydrogens is 1140 g/mol. The van der Waals surface area contributed by atoms with Crippen molar-refractivity contribution in [3.05, 3.63) is 218 Å². The molecule has 0 bridgehead atoms. The molecule has 0 saturated carbocycles. The molecule has 0 unspecified atom stereocenters. The third kappa shape index (κ3) is 22.4. The number of aromatic hydroxyl groups is 1. The van der Waals surface area contributed by atoms with E-state index in [4.69, 9.17) is 36.3 Å². The van der Waals surface area contributed by atoms with Gasteiger partial charge >= 0.3 is 24.2 Å². The van der Waals surface area contributed by atoms with E-state index in [-0.39, 0.29) is 5.75 Å². The van der Waals surface area contributed by atoms with Gasteiger partial charge in [-0.2, -0.15) is 19.6 Å². The van der Waals surface area contributed by atoms with Crippen molar-refractivity contribution in [2.24, 2.45) is 0 Å². The number of piperidine rings is 1. The molecular formula is C68H75ClN10O9. The molecule has 1 aliphatic rings. The maximum absolute atomic E-state index is 12.6. The second kappa shape index (κ2) is 32.4. The summed E-state index contributed by atoms with van der Waals surface area (Å²) in [5, 5.41) is 28.6. The van der Waals surface area contributed by atoms with Gasteiger partial charge in [0.15, 0.2) is 0 Å². The van der Waals surface area contributed by atoms with Crippen LogP contribution in [0.25, 0.3) is 22.5 Å². The van der Waals surface area contributed by atoms with Crippen molar-refractivity contribution in [3.8, 4) is 39.8 Å². The van der Waals surface area contributed by atoms with E-state index in [0.717, 1.165) is 28.6 Å². The molecule has 1 aliphatic heterocycles. The monoisotopic (exact) mass is 1210 g/mol. The standard InChI is InChI=1S/C28H28N4O4.C21H22N4O4.C13H13NO.C6H12ClN/c1-28(2,3)36-27(34)32-25(15-16-29-32)21-11-7-12-22(17-21)30-26(33)31-23-13-8-14-24(18-23)35-19-20-9-5-4-6-10-20;1-21(2,3)29-20(28)25-18(10-11-22-25)14-6-4-7-15(12-14)23-19(27)24-16-8-5-9-17(26)13-16;14-12-7-4-8-13(9-12)15-10-11-5-2-1-3-6-11;7-6-8-4-2-1-3-5-8/h4-18H,19H2,1-3H3,(H2,30,31,33);4-13,26H,1-3H3,(H2,23,24,27);1-9H,10,14H2;1-6H2. The number of nitrogen functional groups attached to an aromatic ring is 1. The minimum absolute atomic E-state index is 0.0557. The summed E-state index contributed by atoms with van der Waals surface area (Å²) in [7, 11) is 0. The first-order valence-electron chi connectivity index (χ1n) is 28.5. The number of nitrogens with two attached hydrogens (primary N) is 1. The Balaban J connectivity index is 0.000000187. The molecule has 7 N–H and O–H groups in total. The van der Waals surface area contributed by atoms with Crippen molar-refractivity contribution in [1.29, 1.82) is 0 Å². The number of nitrogens with zero attached hydrogens (tertiary/aromatic N) is 5. The summed E-state index contributed by atoms with van der Waals surface area (Å²) in [6, 6.07) is 58.2. The maximum Gasteiger partial charge on any atom is 0.435 e. The van der Waals surface area contributed by atoms with Crippen LogP contribution in [0, 0.1) is 0 Å². The van der Waals surface area contributed by atoms with E-state index in [2.05, 4.69) is 36.4 Å². The van der Waals surface area contributed by atoms with Gasteiger partial charge in [-0.25, -0.2) is 19.2 Å². The number of carbonyl (C=O) groups excluding carboxylic acids is 4. The van der Waals surface area contributed by atoms with Crippen LogP contribution in [-0.2, 0) is 22.7 Å². The number of ether oxygens (including phenoxy) is 4. The number of hydrogen-bond acceptors (Lipinski definition) is 13. The molecule has 0 spiro atoms. The Morgan fingerprint density at radius 1 is 0.500 bits per heavy atom. The lowest BCUT2D eigenvalue weighted by molar-refractivity contribution is 0.0506. The summed E-state index contributed by atoms with van der Waals surface area (Å²) in [4.78, 5) is 52.1. The van der Waals surface area contributed by atoms with Gasteiger partial charge in [-0.3, -0.25) is 4.90 Å². The minimum atomic E-state index is -0.647. The van der Waals surface area contributed by atoms with Crippen LogP contribution in [0.15, 0.2) is 207 Å². The molecule has 10 rings (SSSR count). The quantitative estimate of drug-likeness (QED) is 0.0358. The number of urea groups is 2. The Kier molecular flexibility index (Phi) is 24.1. The zero-order valence-corrected chi connectivity index (χ0v) is 50.9. The highest BCUT2D eigenvalue weighted by atomic mass is 35.5. The fourth-order valence-corrected chi connectivity index (χ4v) is 8.70. The Hall–Kier alpha value is -10.1. The van der Waals surface area contributed by atoms with Crippen molar-refractivity contribution >= 4 is 64.3 Å². The van der Waals surface area contributed by atoms with Gasteiger partial charge in [0.05, 0.1) is 29.8 Å². The summed E-state index contributed by atoms with van der Waals surface area (Å²) in [5.41, 5.74) is 11.9. The molecule has 88 heavy (non-hydrogen) atoms. The smallest absolute Gasteiger partial charge is 0.435 e. The SMILES string of the molecule is CC(C)(C)OC(=O)n1nccc1-c1cccc(NC(=O)Nc2cccc(O)c2)c1.CC(C)(C)OC(=O)n1nccc1-c1cccc(NC(=O)Nc2cccc(OCc3ccccc3)c2)c1.ClCN1CCCCC1.Nc1cccc(OCc2ccccc2)c1. The Labute approximate surface area is 518 Å². The molecule has 3 heterocycles. The molecule has 4 amide bonds. The van der Waals surface area contributed by atoms with Crippen molar-refractivity contribution in [3.63, 3.8) is 0 Å². The van der Waals surface area contributed by atoms with Gasteiger partial charge in [0, 0.05) is 57.8 Å². The van der Waals surface area contributed by atoms with Crippen LogP contribution in [0.4, 0.5) is 47.6 Å². The van der Waals surface area contributed by atoms with Crippen LogP contribution in [0.2, 0.25) is 0 Å². The number of halogens is 1. The van der Waals surface area contributed by atoms with E-state index in [0.29, 0.717) is 64.2 Å². The van der Waals surface area contributed by atoms with E-state index in [9.17, 15) is 24.3 Å². The van der Waals surface area contributed by atoms with E-state index in [1.54, 1.807) is 120 Å². The fraction of sp³-hybridized carbons (Fsp3) is 0.235. The number of nitrogens with one attached hydrogen (secondary N) is 4. The van der Waals surface area contributed by atoms with Crippen LogP contribution < -0.4 is 36.5 Å². The maximum atomic E-state index is 12.6. The third-order valence-corrected chi connectivity index (χ3v) is 12.8. The highest BCUT2D eigenvalue weighted by Gasteiger charge is 2.23. The number of benzene rings is 7. The average molecular weight is 1210 g/mol. The zero-order valence-electron chi connectivity index (χ0n) is 50.2. The molecule has 0 aliphatic carbocycles. The Bertz CT molecular complexity index is 3670. The Morgan fingerprint density at radius 3 is 1.33 bits per heavy atom. The first kappa shape index (κ1) is 65.4. The molecule has 0 radical (unpaired) electrons. The predicted octanol–water partition coefficient (Wildman–Crippen LogP) is 15.8. The number of anilines is 5. The van der Waals surface area contributed by atoms with Gasteiger partial charge in [0.1, 0.15) is 41.7 Å². The topological polar surface area (TPSA) is 238 Å². The van der Waals surface area contributed by atoms with Crippen LogP contribution in [0.1, 0.15) is 71.9 Å². The fourth-order valence-electron chi connectivity index (χ4n) is 8.46. The Morgan fingerprint density at radius 2 is 0.909 bits per heavy atom. The van der Waals surface area contributed by atoms with E-state index in [1.807, 2.05) is 103 Å². The molecule has 1 saturated heterocycles. The van der Waals surface area contributed by atoms with Crippen molar-refractivity contribution in [1.82, 2.24) is 24.5 Å². The first-order chi connectivity index (χ1) is 42.2. The number of hydrogen-bond donors (Lipinski definition) is 6. The molecule has 19 nitrogen and oxygen atoms in total. The molecule has 2 aromatic heterocycles. The molecule has 1 fully saturated rings. The van der Waals surface area contributed by atoms with E-state index >= 15 is 0 Å². The number of phenols is 1. The third-order valence-electron chi connectivity index (χ3n) is 12.4. The number of aromatic nitrogens is 4. The van der Waals surface area contributed by atoms with Crippen LogP contribution in [-0.4, -0.2) is 84.1 Å². The average Bonchev–Trinajstić information content (AvgIpc) is 2.32. The summed E-state index contributed by atoms with van der Waals surface area (Å²) < 4.78 is 24.6. The molecule has 7 aromatic carbocycles. The van der Waals surface area contributed by atoms with Gasteiger partial charge in [-0.15, -0.1) is 11.6 Å². The largest absolute Gasteiger partial charge is 0.508 e. The number of alkyl halides is 1. The van der Waals surface area contributed by atoms with Crippen molar-refractivity contribution in [2.75, 3.05) is 46.1 Å². The summed E-state index contributed by atoms with van der Waals surface area (Å²) >= 11 is 5.61. The normalized spacial score (nSPS) is 11.9. The summed E-state index contributed by atoms with van der Waals surface area (Å²) in [6.45, 7) is 14.2. The first-order valence-corrected chi connectivity index (χ1v) is 29.1. The second-order valence-electron chi connectivity index (χ2n) is 22.0. The number of rotatable bonds is 13. The van der Waals surface area contributed by atoms with Crippen molar-refractivity contribution < 1.29 is 43.2 Å². The lowest BCUT2D eigenvalue weighted by atomic mass is 10.1. The minimum Gasteiger partial charge on any atom is -0.508 e. The van der Waals surface area contributed by atoms with Gasteiger partial charge in [-0.1, -0.05) is 110 Å². The number of carbonyl (C=O) groups is 4. The molecule has 9 aromatic rings. The predicted molar refractivity (Wildman–Crippen MR) is 347 cm³/mol. The van der Waals surface area contributed by atoms with E-state index in [1.165, 1.54) is 66.2 Å². The number of amides is 4. The van der Waals surface area contributed by atoms with Gasteiger partial charge in [0.2, 0.25) is 0 Å². The van der Waals surface area contributed by atoms with Gasteiger partial charge in [-0.05, 0) is 151 Å². The zero-order chi connectivity index (χ0) is 62.9. The summed E-state index contributed by atoms with van der Waals surface area (Å²) in [6.07, 6.45) is 5.95. The van der Waals surface area contributed by atoms with Gasteiger partial charge < -0.3 is 51.1 Å². The molecule has 0 atom stereocenters. The van der Waals surface area contributed by atoms with Crippen LogP contribution in [0.5, 0.6) is 17.2 Å². The number of phenolic OH excluding ortho intramolecular Hbond substituents is 1. The highest BCUT2D eigenvalue weighted by molar-refractivity contribution is 6.17. The lowest BCUT2D eigenvalue weighted by Gasteiger charge is -2.23. The second-order valence-corrected chi connectivity index (χ2v) is 22.3. The molecule has 458 valence electrons. The lowest BCUT2D eigenvalue weighted by Crippen LogP contribution is -2.28. The van der Waals surface area contributed by atoms with Crippen LogP contribution in [0.3, 0.4) is 0 Å². The number of likely N-dealkylation sites (tertiary alicyclic amines) is 1.